The van der Waals surface area contributed by atoms with E-state index in [0.717, 1.165) is 0 Å². The zero-order valence-corrected chi connectivity index (χ0v) is 20.6. The molecular weight excluding hydrogens is 482 g/mol. The minimum Gasteiger partial charge on any atom is -0.382 e. The van der Waals surface area contributed by atoms with E-state index >= 15 is 0 Å². The molecule has 0 spiro atoms. The summed E-state index contributed by atoms with van der Waals surface area (Å²) in [6.45, 7) is 1.77. The van der Waals surface area contributed by atoms with Crippen LogP contribution in [-0.2, 0) is 4.79 Å². The quantitative estimate of drug-likeness (QED) is 0.206. The van der Waals surface area contributed by atoms with Gasteiger partial charge in [-0.1, -0.05) is 23.7 Å². The third-order valence-electron chi connectivity index (χ3n) is 5.17. The van der Waals surface area contributed by atoms with Crippen molar-refractivity contribution in [1.29, 1.82) is 5.26 Å². The highest BCUT2D eigenvalue weighted by molar-refractivity contribution is 6.31. The molecule has 11 nitrogen and oxygen atoms in total. The Bertz CT molecular complexity index is 1370. The van der Waals surface area contributed by atoms with E-state index in [4.69, 9.17) is 17.3 Å². The number of hydrogen-bond acceptors (Lipinski definition) is 9. The molecule has 0 radical (unpaired) electrons. The van der Waals surface area contributed by atoms with Crippen molar-refractivity contribution in [3.63, 3.8) is 0 Å². The van der Waals surface area contributed by atoms with E-state index in [1.807, 2.05) is 13.0 Å². The van der Waals surface area contributed by atoms with E-state index in [2.05, 4.69) is 30.9 Å². The third-order valence-corrected chi connectivity index (χ3v) is 5.58. The Balaban J connectivity index is 2.10. The molecule has 1 aromatic heterocycles. The van der Waals surface area contributed by atoms with Crippen LogP contribution in [0, 0.1) is 18.3 Å². The van der Waals surface area contributed by atoms with Crippen molar-refractivity contribution in [2.45, 2.75) is 6.92 Å². The molecule has 0 fully saturated rings. The molecule has 36 heavy (non-hydrogen) atoms. The predicted octanol–water partition coefficient (Wildman–Crippen LogP) is 3.10. The second-order valence-corrected chi connectivity index (χ2v) is 7.80. The van der Waals surface area contributed by atoms with Crippen molar-refractivity contribution in [1.82, 2.24) is 15.3 Å². The number of carbonyl (C=O) groups excluding carboxylic acids is 2. The number of nitrogens with zero attached hydrogens (tertiary/aromatic N) is 5. The number of hydrogen-bond donors (Lipinski definition) is 4. The second-order valence-electron chi connectivity index (χ2n) is 7.39. The largest absolute Gasteiger partial charge is 0.382 e. The number of nitrogens with two attached hydrogens (primary N) is 1. The molecule has 0 aliphatic heterocycles. The molecule has 0 aliphatic carbocycles. The van der Waals surface area contributed by atoms with Gasteiger partial charge in [-0.05, 0) is 42.8 Å². The summed E-state index contributed by atoms with van der Waals surface area (Å²) in [6, 6.07) is 13.7. The van der Waals surface area contributed by atoms with Gasteiger partial charge in [-0.25, -0.2) is 4.99 Å². The summed E-state index contributed by atoms with van der Waals surface area (Å²) >= 11 is 6.28. The summed E-state index contributed by atoms with van der Waals surface area (Å²) in [4.78, 5) is 38.7. The van der Waals surface area contributed by atoms with Crippen molar-refractivity contribution in [2.24, 2.45) is 4.99 Å². The van der Waals surface area contributed by atoms with Gasteiger partial charge < -0.3 is 21.7 Å². The Morgan fingerprint density at radius 3 is 2.67 bits per heavy atom. The molecule has 5 N–H and O–H groups in total. The van der Waals surface area contributed by atoms with E-state index < -0.39 is 0 Å². The first-order valence-electron chi connectivity index (χ1n) is 10.7. The summed E-state index contributed by atoms with van der Waals surface area (Å²) in [5.41, 5.74) is 7.97. The lowest BCUT2D eigenvalue weighted by molar-refractivity contribution is -0.106. The van der Waals surface area contributed by atoms with Crippen LogP contribution in [0.15, 0.2) is 47.5 Å². The van der Waals surface area contributed by atoms with Crippen LogP contribution < -0.4 is 26.6 Å². The molecular formula is C24H24ClN9O2. The molecule has 3 rings (SSSR count). The van der Waals surface area contributed by atoms with Gasteiger partial charge in [0.2, 0.25) is 12.4 Å². The smallest absolute Gasteiger partial charge is 0.251 e. The zero-order valence-electron chi connectivity index (χ0n) is 19.8. The number of amidine groups is 1. The van der Waals surface area contributed by atoms with Crippen LogP contribution in [0.2, 0.25) is 5.02 Å². The number of anilines is 4. The molecule has 0 bridgehead atoms. The van der Waals surface area contributed by atoms with Gasteiger partial charge in [0.05, 0.1) is 17.9 Å². The van der Waals surface area contributed by atoms with Gasteiger partial charge >= 0.3 is 0 Å². The van der Waals surface area contributed by atoms with Crippen molar-refractivity contribution in [2.75, 3.05) is 41.9 Å². The van der Waals surface area contributed by atoms with E-state index in [9.17, 15) is 14.9 Å². The summed E-state index contributed by atoms with van der Waals surface area (Å²) < 4.78 is 0. The summed E-state index contributed by atoms with van der Waals surface area (Å²) in [6.07, 6.45) is 0.585. The van der Waals surface area contributed by atoms with Gasteiger partial charge in [-0.3, -0.25) is 14.5 Å². The van der Waals surface area contributed by atoms with E-state index in [-0.39, 0.29) is 41.4 Å². The molecule has 2 aromatic carbocycles. The first-order valence-corrected chi connectivity index (χ1v) is 11.1. The summed E-state index contributed by atoms with van der Waals surface area (Å²) in [7, 11) is 3.14. The molecule has 0 aliphatic rings. The first-order chi connectivity index (χ1) is 17.3. The lowest BCUT2D eigenvalue weighted by atomic mass is 10.1. The Kier molecular flexibility index (Phi) is 8.38. The highest BCUT2D eigenvalue weighted by Crippen LogP contribution is 2.27. The van der Waals surface area contributed by atoms with Crippen molar-refractivity contribution in [3.8, 4) is 6.07 Å². The summed E-state index contributed by atoms with van der Waals surface area (Å²) in [5, 5.41) is 18.4. The number of rotatable bonds is 8. The minimum absolute atomic E-state index is 0.00551. The molecule has 184 valence electrons. The molecule has 1 heterocycles. The number of carbonyl (C=O) groups is 2. The van der Waals surface area contributed by atoms with Crippen LogP contribution in [-0.4, -0.2) is 48.8 Å². The number of nitrogens with one attached hydrogen (secondary N) is 3. The Morgan fingerprint density at radius 1 is 1.25 bits per heavy atom. The fraction of sp³-hybridized carbons (Fsp3) is 0.167. The van der Waals surface area contributed by atoms with Crippen LogP contribution in [0.25, 0.3) is 0 Å². The van der Waals surface area contributed by atoms with Crippen molar-refractivity contribution < 1.29 is 9.59 Å². The van der Waals surface area contributed by atoms with Gasteiger partial charge in [0.15, 0.2) is 5.82 Å². The van der Waals surface area contributed by atoms with Crippen molar-refractivity contribution >= 4 is 58.7 Å². The maximum absolute atomic E-state index is 12.3. The standard InChI is InChI=1S/C24H24ClN9O2/c1-14-18(25)8-5-9-19(14)31-20(12-30-22-17(11-26)21(27)32-24(29-3)33-22)34(13-35)16-7-4-6-15(10-16)23(36)28-2/h4-10,13H,12H2,1-3H3,(H,28,36)(H4,27,29,30,32,33)/b31-20-. The summed E-state index contributed by atoms with van der Waals surface area (Å²) in [5.74, 6) is 0.309. The normalized spacial score (nSPS) is 10.8. The molecule has 12 heteroatoms. The van der Waals surface area contributed by atoms with E-state index in [1.165, 1.54) is 11.9 Å². The maximum Gasteiger partial charge on any atom is 0.251 e. The maximum atomic E-state index is 12.3. The lowest BCUT2D eigenvalue weighted by Gasteiger charge is -2.22. The molecule has 0 unspecified atom stereocenters. The molecule has 0 saturated heterocycles. The van der Waals surface area contributed by atoms with Gasteiger partial charge in [-0.15, -0.1) is 0 Å². The lowest BCUT2D eigenvalue weighted by Crippen LogP contribution is -2.35. The topological polar surface area (TPSA) is 161 Å². The second kappa shape index (κ2) is 11.6. The van der Waals surface area contributed by atoms with Crippen LogP contribution in [0.3, 0.4) is 0 Å². The van der Waals surface area contributed by atoms with Crippen LogP contribution in [0.4, 0.5) is 29.0 Å². The number of nitrogen functional groups attached to an aromatic ring is 1. The molecule has 3 aromatic rings. The SMILES string of the molecule is CNC(=O)c1cccc(N(C=O)/C(CNc2nc(NC)nc(N)c2C#N)=N\c2cccc(Cl)c2C)c1. The molecule has 2 amide bonds. The van der Waals surface area contributed by atoms with Gasteiger partial charge in [0.25, 0.3) is 5.91 Å². The predicted molar refractivity (Wildman–Crippen MR) is 141 cm³/mol. The van der Waals surface area contributed by atoms with Crippen molar-refractivity contribution in [3.05, 3.63) is 64.2 Å². The van der Waals surface area contributed by atoms with Crippen LogP contribution in [0.1, 0.15) is 21.5 Å². The van der Waals surface area contributed by atoms with Gasteiger partial charge in [0.1, 0.15) is 23.3 Å². The number of benzene rings is 2. The average Bonchev–Trinajstić information content (AvgIpc) is 2.89. The number of nitriles is 1. The van der Waals surface area contributed by atoms with Gasteiger partial charge in [0, 0.05) is 24.7 Å². The highest BCUT2D eigenvalue weighted by Gasteiger charge is 2.18. The van der Waals surface area contributed by atoms with Crippen LogP contribution in [0.5, 0.6) is 0 Å². The Labute approximate surface area is 213 Å². The zero-order chi connectivity index (χ0) is 26.2. The number of amides is 2. The van der Waals surface area contributed by atoms with Crippen LogP contribution >= 0.6 is 11.6 Å². The van der Waals surface area contributed by atoms with Gasteiger partial charge in [-0.2, -0.15) is 15.2 Å². The molecule has 0 saturated carbocycles. The van der Waals surface area contributed by atoms with E-state index in [0.29, 0.717) is 33.9 Å². The fourth-order valence-corrected chi connectivity index (χ4v) is 3.41. The Hall–Kier alpha value is -4.69. The highest BCUT2D eigenvalue weighted by atomic mass is 35.5. The monoisotopic (exact) mass is 505 g/mol. The molecule has 0 atom stereocenters. The third kappa shape index (κ3) is 5.68. The minimum atomic E-state index is -0.306. The average molecular weight is 506 g/mol. The number of halogens is 1. The number of aromatic nitrogens is 2. The number of aliphatic imine (C=N–C) groups is 1. The first kappa shape index (κ1) is 25.9. The van der Waals surface area contributed by atoms with E-state index in [1.54, 1.807) is 49.5 Å². The fourth-order valence-electron chi connectivity index (χ4n) is 3.24. The Morgan fingerprint density at radius 2 is 2.00 bits per heavy atom.